The maximum absolute atomic E-state index is 12.6. The van der Waals surface area contributed by atoms with Crippen LogP contribution < -0.4 is 5.32 Å². The number of amides is 1. The van der Waals surface area contributed by atoms with Crippen molar-refractivity contribution in [2.24, 2.45) is 0 Å². The highest BCUT2D eigenvalue weighted by atomic mass is 19.1. The summed E-state index contributed by atoms with van der Waals surface area (Å²) < 4.78 is 25.3. The van der Waals surface area contributed by atoms with Crippen molar-refractivity contribution in [3.05, 3.63) is 35.4 Å². The van der Waals surface area contributed by atoms with Gasteiger partial charge >= 0.3 is 0 Å². The minimum absolute atomic E-state index is 0.131. The third-order valence-electron chi connectivity index (χ3n) is 1.41. The topological polar surface area (TPSA) is 29.1 Å². The van der Waals surface area contributed by atoms with Gasteiger partial charge in [-0.05, 0) is 12.1 Å². The second-order valence-electron chi connectivity index (χ2n) is 2.49. The van der Waals surface area contributed by atoms with Crippen LogP contribution in [0.25, 0.3) is 0 Å². The molecule has 0 aliphatic heterocycles. The Morgan fingerprint density at radius 1 is 1.29 bits per heavy atom. The van der Waals surface area contributed by atoms with E-state index in [2.05, 4.69) is 17.2 Å². The molecule has 1 N–H and O–H groups in total. The summed E-state index contributed by atoms with van der Waals surface area (Å²) in [4.78, 5) is 10.7. The maximum atomic E-state index is 12.6. The van der Waals surface area contributed by atoms with Crippen molar-refractivity contribution in [1.29, 1.82) is 0 Å². The first kappa shape index (κ1) is 10.2. The SMILES string of the molecule is CNC(=O)C#Cc1cc(F)cc(F)c1. The van der Waals surface area contributed by atoms with Gasteiger partial charge in [-0.25, -0.2) is 8.78 Å². The lowest BCUT2D eigenvalue weighted by Gasteiger charge is -1.92. The van der Waals surface area contributed by atoms with Gasteiger partial charge in [-0.3, -0.25) is 4.79 Å². The Kier molecular flexibility index (Phi) is 3.19. The molecule has 0 heterocycles. The van der Waals surface area contributed by atoms with Crippen molar-refractivity contribution in [3.8, 4) is 11.8 Å². The van der Waals surface area contributed by atoms with E-state index in [1.54, 1.807) is 0 Å². The monoisotopic (exact) mass is 195 g/mol. The summed E-state index contributed by atoms with van der Waals surface area (Å²) in [7, 11) is 1.42. The number of carbonyl (C=O) groups excluding carboxylic acids is 1. The van der Waals surface area contributed by atoms with Crippen LogP contribution in [0.2, 0.25) is 0 Å². The van der Waals surface area contributed by atoms with E-state index >= 15 is 0 Å². The molecule has 0 aliphatic rings. The largest absolute Gasteiger partial charge is 0.348 e. The highest BCUT2D eigenvalue weighted by molar-refractivity contribution is 5.93. The van der Waals surface area contributed by atoms with Gasteiger partial charge in [-0.1, -0.05) is 5.92 Å². The van der Waals surface area contributed by atoms with E-state index in [9.17, 15) is 13.6 Å². The molecule has 72 valence electrons. The average Bonchev–Trinajstić information content (AvgIpc) is 2.12. The Bertz CT molecular complexity index is 398. The van der Waals surface area contributed by atoms with Gasteiger partial charge in [0, 0.05) is 24.6 Å². The van der Waals surface area contributed by atoms with Gasteiger partial charge in [0.15, 0.2) is 0 Å². The molecule has 0 saturated carbocycles. The van der Waals surface area contributed by atoms with Gasteiger partial charge in [-0.2, -0.15) is 0 Å². The van der Waals surface area contributed by atoms with E-state index in [0.29, 0.717) is 0 Å². The average molecular weight is 195 g/mol. The zero-order valence-electron chi connectivity index (χ0n) is 7.40. The lowest BCUT2D eigenvalue weighted by Crippen LogP contribution is -2.14. The highest BCUT2D eigenvalue weighted by Crippen LogP contribution is 2.06. The molecule has 0 spiro atoms. The van der Waals surface area contributed by atoms with E-state index in [1.165, 1.54) is 7.05 Å². The van der Waals surface area contributed by atoms with Gasteiger partial charge in [0.2, 0.25) is 0 Å². The Morgan fingerprint density at radius 3 is 2.36 bits per heavy atom. The number of hydrogen-bond acceptors (Lipinski definition) is 1. The standard InChI is InChI=1S/C10H7F2NO/c1-13-10(14)3-2-7-4-8(11)6-9(12)5-7/h4-6H,1H3,(H,13,14). The zero-order chi connectivity index (χ0) is 10.6. The van der Waals surface area contributed by atoms with Gasteiger partial charge in [-0.15, -0.1) is 0 Å². The smallest absolute Gasteiger partial charge is 0.295 e. The van der Waals surface area contributed by atoms with Crippen molar-refractivity contribution < 1.29 is 13.6 Å². The van der Waals surface area contributed by atoms with Gasteiger partial charge in [0.1, 0.15) is 11.6 Å². The van der Waals surface area contributed by atoms with Crippen molar-refractivity contribution in [2.75, 3.05) is 7.05 Å². The lowest BCUT2D eigenvalue weighted by atomic mass is 10.2. The van der Waals surface area contributed by atoms with E-state index in [1.807, 2.05) is 0 Å². The third-order valence-corrected chi connectivity index (χ3v) is 1.41. The molecule has 1 aromatic carbocycles. The fraction of sp³-hybridized carbons (Fsp3) is 0.100. The quantitative estimate of drug-likeness (QED) is 0.616. The molecule has 0 aromatic heterocycles. The molecule has 1 aromatic rings. The summed E-state index contributed by atoms with van der Waals surface area (Å²) in [6, 6.07) is 2.85. The highest BCUT2D eigenvalue weighted by Gasteiger charge is 1.97. The molecule has 14 heavy (non-hydrogen) atoms. The molecule has 1 rings (SSSR count). The van der Waals surface area contributed by atoms with Crippen molar-refractivity contribution >= 4 is 5.91 Å². The minimum atomic E-state index is -0.716. The van der Waals surface area contributed by atoms with E-state index in [-0.39, 0.29) is 5.56 Å². The van der Waals surface area contributed by atoms with Crippen LogP contribution in [0.15, 0.2) is 18.2 Å². The Balaban J connectivity index is 2.95. The summed E-state index contributed by atoms with van der Waals surface area (Å²) in [6.45, 7) is 0. The van der Waals surface area contributed by atoms with Crippen LogP contribution in [0.4, 0.5) is 8.78 Å². The number of nitrogens with one attached hydrogen (secondary N) is 1. The number of carbonyl (C=O) groups is 1. The van der Waals surface area contributed by atoms with Crippen molar-refractivity contribution in [1.82, 2.24) is 5.32 Å². The summed E-state index contributed by atoms with van der Waals surface area (Å²) in [5.41, 5.74) is 0.131. The van der Waals surface area contributed by atoms with Crippen molar-refractivity contribution in [3.63, 3.8) is 0 Å². The zero-order valence-corrected chi connectivity index (χ0v) is 7.40. The number of halogens is 2. The molecule has 4 heteroatoms. The molecule has 0 bridgehead atoms. The van der Waals surface area contributed by atoms with Gasteiger partial charge in [0.05, 0.1) is 0 Å². The van der Waals surface area contributed by atoms with Crippen LogP contribution in [-0.4, -0.2) is 13.0 Å². The summed E-state index contributed by atoms with van der Waals surface area (Å²) in [6.07, 6.45) is 0. The first-order chi connectivity index (χ1) is 6.61. The molecule has 0 atom stereocenters. The van der Waals surface area contributed by atoms with Gasteiger partial charge in [0.25, 0.3) is 5.91 Å². The first-order valence-corrected chi connectivity index (χ1v) is 3.81. The molecular weight excluding hydrogens is 188 g/mol. The normalized spacial score (nSPS) is 8.79. The fourth-order valence-corrected chi connectivity index (χ4v) is 0.817. The summed E-state index contributed by atoms with van der Waals surface area (Å²) in [5.74, 6) is 2.57. The molecule has 0 unspecified atom stereocenters. The lowest BCUT2D eigenvalue weighted by molar-refractivity contribution is -0.115. The predicted molar refractivity (Wildman–Crippen MR) is 47.3 cm³/mol. The molecule has 0 radical (unpaired) electrons. The van der Waals surface area contributed by atoms with Crippen LogP contribution >= 0.6 is 0 Å². The molecule has 2 nitrogen and oxygen atoms in total. The van der Waals surface area contributed by atoms with Crippen LogP contribution in [-0.2, 0) is 4.79 Å². The number of rotatable bonds is 0. The van der Waals surface area contributed by atoms with E-state index in [4.69, 9.17) is 0 Å². The number of benzene rings is 1. The first-order valence-electron chi connectivity index (χ1n) is 3.81. The third kappa shape index (κ3) is 2.87. The predicted octanol–water partition coefficient (Wildman–Crippen LogP) is 1.06. The van der Waals surface area contributed by atoms with Crippen LogP contribution in [0.3, 0.4) is 0 Å². The second-order valence-corrected chi connectivity index (χ2v) is 2.49. The molecule has 0 saturated heterocycles. The van der Waals surface area contributed by atoms with E-state index in [0.717, 1.165) is 18.2 Å². The molecular formula is C10H7F2NO. The van der Waals surface area contributed by atoms with Crippen LogP contribution in [0.1, 0.15) is 5.56 Å². The minimum Gasteiger partial charge on any atom is -0.348 e. The van der Waals surface area contributed by atoms with Crippen LogP contribution in [0.5, 0.6) is 0 Å². The van der Waals surface area contributed by atoms with E-state index < -0.39 is 17.5 Å². The van der Waals surface area contributed by atoms with Crippen LogP contribution in [0, 0.1) is 23.5 Å². The molecule has 0 aliphatic carbocycles. The summed E-state index contributed by atoms with van der Waals surface area (Å²) in [5, 5.41) is 2.26. The Labute approximate surface area is 79.9 Å². The fourth-order valence-electron chi connectivity index (χ4n) is 0.817. The molecule has 1 amide bonds. The number of hydrogen-bond donors (Lipinski definition) is 1. The Hall–Kier alpha value is -1.89. The van der Waals surface area contributed by atoms with Gasteiger partial charge < -0.3 is 5.32 Å². The Morgan fingerprint density at radius 2 is 1.86 bits per heavy atom. The maximum Gasteiger partial charge on any atom is 0.295 e. The molecule has 0 fully saturated rings. The second kappa shape index (κ2) is 4.38. The summed E-state index contributed by atoms with van der Waals surface area (Å²) >= 11 is 0. The van der Waals surface area contributed by atoms with Crippen molar-refractivity contribution in [2.45, 2.75) is 0 Å².